The van der Waals surface area contributed by atoms with E-state index in [9.17, 15) is 4.79 Å². The van der Waals surface area contributed by atoms with Gasteiger partial charge in [-0.25, -0.2) is 9.97 Å². The lowest BCUT2D eigenvalue weighted by atomic mass is 10.2. The predicted molar refractivity (Wildman–Crippen MR) is 88.3 cm³/mol. The summed E-state index contributed by atoms with van der Waals surface area (Å²) in [6, 6.07) is 9.72. The molecule has 0 atom stereocenters. The number of nitrogens with zero attached hydrogens (tertiary/aromatic N) is 3. The lowest BCUT2D eigenvalue weighted by Crippen LogP contribution is -2.35. The molecule has 0 saturated heterocycles. The SMILES string of the molecule is CC(C)N(CC(=O)O)Cc1ccnc(-c2ccc(Br)cc2)n1. The predicted octanol–water partition coefficient (Wildman–Crippen LogP) is 3.20. The van der Waals surface area contributed by atoms with Crippen molar-refractivity contribution in [2.75, 3.05) is 6.54 Å². The number of hydrogen-bond donors (Lipinski definition) is 1. The van der Waals surface area contributed by atoms with Crippen LogP contribution in [0.2, 0.25) is 0 Å². The van der Waals surface area contributed by atoms with E-state index < -0.39 is 5.97 Å². The molecule has 0 unspecified atom stereocenters. The molecule has 1 heterocycles. The van der Waals surface area contributed by atoms with E-state index in [0.717, 1.165) is 15.7 Å². The molecule has 0 saturated carbocycles. The van der Waals surface area contributed by atoms with E-state index in [1.807, 2.05) is 49.1 Å². The molecule has 0 amide bonds. The molecule has 22 heavy (non-hydrogen) atoms. The standard InChI is InChI=1S/C16H18BrN3O2/c1-11(2)20(10-15(21)22)9-14-7-8-18-16(19-14)12-3-5-13(17)6-4-12/h3-8,11H,9-10H2,1-2H3,(H,21,22). The number of halogens is 1. The number of aromatic nitrogens is 2. The van der Waals surface area contributed by atoms with Gasteiger partial charge in [0.25, 0.3) is 0 Å². The fraction of sp³-hybridized carbons (Fsp3) is 0.312. The Balaban J connectivity index is 2.20. The molecule has 6 heteroatoms. The van der Waals surface area contributed by atoms with Crippen molar-refractivity contribution in [3.05, 3.63) is 46.7 Å². The fourth-order valence-electron chi connectivity index (χ4n) is 2.03. The third kappa shape index (κ3) is 4.61. The quantitative estimate of drug-likeness (QED) is 0.853. The van der Waals surface area contributed by atoms with Crippen LogP contribution in [0.3, 0.4) is 0 Å². The number of carbonyl (C=O) groups is 1. The summed E-state index contributed by atoms with van der Waals surface area (Å²) >= 11 is 3.40. The van der Waals surface area contributed by atoms with Gasteiger partial charge in [-0.3, -0.25) is 9.69 Å². The van der Waals surface area contributed by atoms with E-state index in [1.54, 1.807) is 6.20 Å². The van der Waals surface area contributed by atoms with E-state index in [2.05, 4.69) is 25.9 Å². The van der Waals surface area contributed by atoms with Crippen molar-refractivity contribution in [2.45, 2.75) is 26.4 Å². The van der Waals surface area contributed by atoms with Crippen LogP contribution < -0.4 is 0 Å². The van der Waals surface area contributed by atoms with Crippen molar-refractivity contribution in [1.29, 1.82) is 0 Å². The average molecular weight is 364 g/mol. The largest absolute Gasteiger partial charge is 0.480 e. The summed E-state index contributed by atoms with van der Waals surface area (Å²) in [7, 11) is 0. The van der Waals surface area contributed by atoms with Crippen LogP contribution in [0.4, 0.5) is 0 Å². The minimum atomic E-state index is -0.837. The third-order valence-corrected chi connectivity index (χ3v) is 3.78. The summed E-state index contributed by atoms with van der Waals surface area (Å²) in [4.78, 5) is 21.6. The van der Waals surface area contributed by atoms with Crippen LogP contribution in [0.1, 0.15) is 19.5 Å². The molecular weight excluding hydrogens is 346 g/mol. The van der Waals surface area contributed by atoms with Crippen molar-refractivity contribution in [2.24, 2.45) is 0 Å². The zero-order valence-corrected chi connectivity index (χ0v) is 14.1. The topological polar surface area (TPSA) is 66.3 Å². The molecule has 0 aliphatic rings. The van der Waals surface area contributed by atoms with Crippen molar-refractivity contribution in [3.63, 3.8) is 0 Å². The molecule has 0 aliphatic carbocycles. The molecule has 0 aliphatic heterocycles. The van der Waals surface area contributed by atoms with E-state index in [-0.39, 0.29) is 12.6 Å². The Kier molecular flexibility index (Phi) is 5.63. The van der Waals surface area contributed by atoms with Crippen molar-refractivity contribution in [1.82, 2.24) is 14.9 Å². The highest BCUT2D eigenvalue weighted by Gasteiger charge is 2.15. The number of aliphatic carboxylic acids is 1. The van der Waals surface area contributed by atoms with E-state index in [1.165, 1.54) is 0 Å². The van der Waals surface area contributed by atoms with Crippen molar-refractivity contribution >= 4 is 21.9 Å². The van der Waals surface area contributed by atoms with Gasteiger partial charge in [-0.15, -0.1) is 0 Å². The number of hydrogen-bond acceptors (Lipinski definition) is 4. The highest BCUT2D eigenvalue weighted by molar-refractivity contribution is 9.10. The van der Waals surface area contributed by atoms with Crippen LogP contribution in [-0.2, 0) is 11.3 Å². The maximum atomic E-state index is 10.9. The zero-order valence-electron chi connectivity index (χ0n) is 12.5. The van der Waals surface area contributed by atoms with Crippen molar-refractivity contribution in [3.8, 4) is 11.4 Å². The monoisotopic (exact) mass is 363 g/mol. The van der Waals surface area contributed by atoms with Gasteiger partial charge in [-0.1, -0.05) is 28.1 Å². The molecule has 116 valence electrons. The van der Waals surface area contributed by atoms with Crippen LogP contribution in [0.25, 0.3) is 11.4 Å². The summed E-state index contributed by atoms with van der Waals surface area (Å²) in [5.41, 5.74) is 1.74. The van der Waals surface area contributed by atoms with Gasteiger partial charge in [0.15, 0.2) is 5.82 Å². The lowest BCUT2D eigenvalue weighted by molar-refractivity contribution is -0.138. The Morgan fingerprint density at radius 1 is 1.27 bits per heavy atom. The minimum Gasteiger partial charge on any atom is -0.480 e. The Bertz CT molecular complexity index is 644. The van der Waals surface area contributed by atoms with Crippen LogP contribution >= 0.6 is 15.9 Å². The molecular formula is C16H18BrN3O2. The highest BCUT2D eigenvalue weighted by Crippen LogP contribution is 2.18. The molecule has 1 aromatic carbocycles. The van der Waals surface area contributed by atoms with Gasteiger partial charge in [-0.05, 0) is 32.0 Å². The Morgan fingerprint density at radius 2 is 1.95 bits per heavy atom. The molecule has 0 spiro atoms. The summed E-state index contributed by atoms with van der Waals surface area (Å²) in [5, 5.41) is 8.99. The molecule has 2 aromatic rings. The van der Waals surface area contributed by atoms with Gasteiger partial charge in [0.2, 0.25) is 0 Å². The molecule has 0 radical (unpaired) electrons. The fourth-order valence-corrected chi connectivity index (χ4v) is 2.29. The third-order valence-electron chi connectivity index (χ3n) is 3.25. The van der Waals surface area contributed by atoms with E-state index in [4.69, 9.17) is 5.11 Å². The number of benzene rings is 1. The van der Waals surface area contributed by atoms with Gasteiger partial charge in [-0.2, -0.15) is 0 Å². The first-order valence-corrected chi connectivity index (χ1v) is 7.78. The first-order valence-electron chi connectivity index (χ1n) is 6.99. The number of carboxylic acids is 1. The summed E-state index contributed by atoms with van der Waals surface area (Å²) < 4.78 is 1.000. The second-order valence-corrected chi connectivity index (χ2v) is 6.19. The number of rotatable bonds is 6. The second-order valence-electron chi connectivity index (χ2n) is 5.27. The molecule has 0 bridgehead atoms. The summed E-state index contributed by atoms with van der Waals surface area (Å²) in [6.07, 6.45) is 1.71. The Hall–Kier alpha value is -1.79. The van der Waals surface area contributed by atoms with Gasteiger partial charge >= 0.3 is 5.97 Å². The smallest absolute Gasteiger partial charge is 0.317 e. The van der Waals surface area contributed by atoms with Gasteiger partial charge in [0, 0.05) is 28.8 Å². The van der Waals surface area contributed by atoms with Gasteiger partial charge < -0.3 is 5.11 Å². The maximum Gasteiger partial charge on any atom is 0.317 e. The normalized spacial score (nSPS) is 11.1. The molecule has 1 N–H and O–H groups in total. The van der Waals surface area contributed by atoms with Crippen LogP contribution in [0.5, 0.6) is 0 Å². The Morgan fingerprint density at radius 3 is 2.55 bits per heavy atom. The van der Waals surface area contributed by atoms with Gasteiger partial charge in [0.05, 0.1) is 12.2 Å². The molecule has 0 fully saturated rings. The Labute approximate surface area is 138 Å². The van der Waals surface area contributed by atoms with E-state index in [0.29, 0.717) is 12.4 Å². The first-order chi connectivity index (χ1) is 10.5. The van der Waals surface area contributed by atoms with Crippen LogP contribution in [0, 0.1) is 0 Å². The lowest BCUT2D eigenvalue weighted by Gasteiger charge is -2.24. The summed E-state index contributed by atoms with van der Waals surface area (Å²) in [6.45, 7) is 4.42. The first kappa shape index (κ1) is 16.6. The molecule has 1 aromatic heterocycles. The average Bonchev–Trinajstić information content (AvgIpc) is 2.47. The maximum absolute atomic E-state index is 10.9. The zero-order chi connectivity index (χ0) is 16.1. The van der Waals surface area contributed by atoms with Gasteiger partial charge in [0.1, 0.15) is 0 Å². The minimum absolute atomic E-state index is 0.00468. The van der Waals surface area contributed by atoms with Crippen LogP contribution in [0.15, 0.2) is 41.0 Å². The molecule has 5 nitrogen and oxygen atoms in total. The number of carboxylic acid groups (broad SMARTS) is 1. The second kappa shape index (κ2) is 7.47. The molecule has 2 rings (SSSR count). The van der Waals surface area contributed by atoms with Crippen LogP contribution in [-0.4, -0.2) is 38.5 Å². The highest BCUT2D eigenvalue weighted by atomic mass is 79.9. The van der Waals surface area contributed by atoms with Crippen molar-refractivity contribution < 1.29 is 9.90 Å². The van der Waals surface area contributed by atoms with E-state index >= 15 is 0 Å². The summed E-state index contributed by atoms with van der Waals surface area (Å²) in [5.74, 6) is -0.195.